The molecule has 0 unspecified atom stereocenters. The average molecular weight is 282 g/mol. The highest BCUT2D eigenvalue weighted by Gasteiger charge is 1.99. The van der Waals surface area contributed by atoms with E-state index in [0.29, 0.717) is 0 Å². The third-order valence-corrected chi connectivity index (χ3v) is 2.75. The summed E-state index contributed by atoms with van der Waals surface area (Å²) >= 11 is 3.43. The van der Waals surface area contributed by atoms with Crippen LogP contribution in [0.15, 0.2) is 29.1 Å². The molecule has 0 atom stereocenters. The van der Waals surface area contributed by atoms with Gasteiger partial charge in [0, 0.05) is 19.2 Å². The van der Waals surface area contributed by atoms with Gasteiger partial charge in [0.15, 0.2) is 0 Å². The molecule has 2 N–H and O–H groups in total. The number of hydrogen-bond acceptors (Lipinski definition) is 4. The van der Waals surface area contributed by atoms with Crippen LogP contribution in [0.3, 0.4) is 0 Å². The van der Waals surface area contributed by atoms with E-state index in [-0.39, 0.29) is 0 Å². The molecule has 2 rings (SSSR count). The van der Waals surface area contributed by atoms with Crippen LogP contribution in [-0.4, -0.2) is 26.7 Å². The maximum Gasteiger partial charge on any atom is 0.140 e. The number of aryl methyl sites for hydroxylation is 1. The molecule has 2 aromatic heterocycles. The molecule has 2 heterocycles. The molecule has 2 aromatic rings. The van der Waals surface area contributed by atoms with Crippen LogP contribution in [0.2, 0.25) is 0 Å². The molecule has 0 aliphatic rings. The number of pyridine rings is 1. The Kier molecular flexibility index (Phi) is 3.87. The van der Waals surface area contributed by atoms with E-state index < -0.39 is 0 Å². The molecule has 5 nitrogen and oxygen atoms in total. The van der Waals surface area contributed by atoms with E-state index in [1.54, 1.807) is 6.20 Å². The Bertz CT molecular complexity index is 429. The summed E-state index contributed by atoms with van der Waals surface area (Å²) in [5, 5.41) is 9.89. The number of anilines is 1. The smallest absolute Gasteiger partial charge is 0.140 e. The zero-order valence-electron chi connectivity index (χ0n) is 8.65. The first-order valence-electron chi connectivity index (χ1n) is 5.05. The highest BCUT2D eigenvalue weighted by atomic mass is 79.9. The molecule has 0 fully saturated rings. The first-order valence-corrected chi connectivity index (χ1v) is 5.84. The molecule has 0 amide bonds. The minimum absolute atomic E-state index is 0.857. The predicted molar refractivity (Wildman–Crippen MR) is 65.1 cm³/mol. The van der Waals surface area contributed by atoms with Gasteiger partial charge in [-0.15, -0.1) is 0 Å². The largest absolute Gasteiger partial charge is 0.369 e. The summed E-state index contributed by atoms with van der Waals surface area (Å²) < 4.78 is 0.981. The van der Waals surface area contributed by atoms with E-state index in [4.69, 9.17) is 0 Å². The van der Waals surface area contributed by atoms with Crippen molar-refractivity contribution in [2.24, 2.45) is 0 Å². The Hall–Kier alpha value is -1.43. The fourth-order valence-electron chi connectivity index (χ4n) is 1.33. The van der Waals surface area contributed by atoms with Gasteiger partial charge in [0.25, 0.3) is 0 Å². The molecular formula is C10H12BrN5. The van der Waals surface area contributed by atoms with Crippen LogP contribution in [0.4, 0.5) is 5.82 Å². The fourth-order valence-corrected chi connectivity index (χ4v) is 1.72. The molecule has 16 heavy (non-hydrogen) atoms. The zero-order chi connectivity index (χ0) is 11.2. The highest BCUT2D eigenvalue weighted by Crippen LogP contribution is 2.17. The number of hydrogen-bond donors (Lipinski definition) is 2. The lowest BCUT2D eigenvalue weighted by Gasteiger charge is -2.05. The molecule has 0 spiro atoms. The predicted octanol–water partition coefficient (Wildman–Crippen LogP) is 2.01. The quantitative estimate of drug-likeness (QED) is 0.823. The van der Waals surface area contributed by atoms with Gasteiger partial charge in [-0.25, -0.2) is 9.97 Å². The van der Waals surface area contributed by atoms with E-state index in [0.717, 1.165) is 35.5 Å². The van der Waals surface area contributed by atoms with E-state index in [2.05, 4.69) is 41.4 Å². The average Bonchev–Trinajstić information content (AvgIpc) is 2.79. The zero-order valence-corrected chi connectivity index (χ0v) is 10.2. The maximum absolute atomic E-state index is 4.22. The standard InChI is InChI=1S/C10H12BrN5/c11-8-3-1-5-12-10(8)13-6-2-4-9-14-7-15-16-9/h1,3,5,7H,2,4,6H2,(H,12,13)(H,14,15,16). The van der Waals surface area contributed by atoms with Crippen LogP contribution < -0.4 is 5.32 Å². The van der Waals surface area contributed by atoms with Crippen molar-refractivity contribution in [3.8, 4) is 0 Å². The van der Waals surface area contributed by atoms with Crippen molar-refractivity contribution in [1.29, 1.82) is 0 Å². The maximum atomic E-state index is 4.22. The number of nitrogens with one attached hydrogen (secondary N) is 2. The normalized spacial score (nSPS) is 10.3. The Morgan fingerprint density at radius 2 is 2.31 bits per heavy atom. The minimum Gasteiger partial charge on any atom is -0.369 e. The van der Waals surface area contributed by atoms with Gasteiger partial charge in [0.2, 0.25) is 0 Å². The highest BCUT2D eigenvalue weighted by molar-refractivity contribution is 9.10. The second kappa shape index (κ2) is 5.60. The molecule has 0 aromatic carbocycles. The summed E-state index contributed by atoms with van der Waals surface area (Å²) in [6.07, 6.45) is 5.16. The van der Waals surface area contributed by atoms with Crippen molar-refractivity contribution < 1.29 is 0 Å². The molecule has 84 valence electrons. The molecule has 0 radical (unpaired) electrons. The monoisotopic (exact) mass is 281 g/mol. The minimum atomic E-state index is 0.857. The van der Waals surface area contributed by atoms with Gasteiger partial charge >= 0.3 is 0 Å². The van der Waals surface area contributed by atoms with Crippen molar-refractivity contribution in [3.05, 3.63) is 35.0 Å². The fraction of sp³-hybridized carbons (Fsp3) is 0.300. The lowest BCUT2D eigenvalue weighted by molar-refractivity contribution is 0.803. The number of halogens is 1. The van der Waals surface area contributed by atoms with E-state index in [9.17, 15) is 0 Å². The Labute approximate surface area is 102 Å². The van der Waals surface area contributed by atoms with Crippen LogP contribution in [0, 0.1) is 0 Å². The van der Waals surface area contributed by atoms with Crippen LogP contribution in [0.5, 0.6) is 0 Å². The van der Waals surface area contributed by atoms with E-state index in [1.807, 2.05) is 12.1 Å². The van der Waals surface area contributed by atoms with Crippen molar-refractivity contribution in [2.75, 3.05) is 11.9 Å². The summed E-state index contributed by atoms with van der Waals surface area (Å²) in [6.45, 7) is 0.857. The van der Waals surface area contributed by atoms with Crippen molar-refractivity contribution in [3.63, 3.8) is 0 Å². The molecule has 6 heteroatoms. The number of H-pyrrole nitrogens is 1. The molecule has 0 saturated carbocycles. The van der Waals surface area contributed by atoms with Gasteiger partial charge in [-0.1, -0.05) is 0 Å². The van der Waals surface area contributed by atoms with Crippen LogP contribution >= 0.6 is 15.9 Å². The van der Waals surface area contributed by atoms with E-state index >= 15 is 0 Å². The molecule has 0 aliphatic carbocycles. The van der Waals surface area contributed by atoms with Crippen molar-refractivity contribution >= 4 is 21.7 Å². The Morgan fingerprint density at radius 1 is 1.38 bits per heavy atom. The summed E-state index contributed by atoms with van der Waals surface area (Å²) in [5.74, 6) is 1.79. The van der Waals surface area contributed by atoms with Gasteiger partial charge in [0.05, 0.1) is 4.47 Å². The Morgan fingerprint density at radius 3 is 3.06 bits per heavy atom. The second-order valence-corrected chi connectivity index (χ2v) is 4.15. The third-order valence-electron chi connectivity index (χ3n) is 2.11. The number of nitrogens with zero attached hydrogens (tertiary/aromatic N) is 3. The SMILES string of the molecule is Brc1cccnc1NCCCc1ncn[nH]1. The second-order valence-electron chi connectivity index (χ2n) is 3.30. The Balaban J connectivity index is 1.74. The van der Waals surface area contributed by atoms with Gasteiger partial charge in [-0.3, -0.25) is 5.10 Å². The van der Waals surface area contributed by atoms with Gasteiger partial charge < -0.3 is 5.32 Å². The van der Waals surface area contributed by atoms with Crippen LogP contribution in [-0.2, 0) is 6.42 Å². The van der Waals surface area contributed by atoms with E-state index in [1.165, 1.54) is 6.33 Å². The van der Waals surface area contributed by atoms with Crippen LogP contribution in [0.25, 0.3) is 0 Å². The summed E-state index contributed by atoms with van der Waals surface area (Å²) in [7, 11) is 0. The van der Waals surface area contributed by atoms with Crippen molar-refractivity contribution in [2.45, 2.75) is 12.8 Å². The third kappa shape index (κ3) is 3.03. The van der Waals surface area contributed by atoms with Crippen molar-refractivity contribution in [1.82, 2.24) is 20.2 Å². The number of aromatic amines is 1. The number of aromatic nitrogens is 4. The summed E-state index contributed by atoms with van der Waals surface area (Å²) in [4.78, 5) is 8.28. The molecular weight excluding hydrogens is 270 g/mol. The summed E-state index contributed by atoms with van der Waals surface area (Å²) in [6, 6.07) is 3.86. The molecule has 0 saturated heterocycles. The molecule has 0 bridgehead atoms. The lowest BCUT2D eigenvalue weighted by atomic mass is 10.3. The first kappa shape index (κ1) is 11.1. The topological polar surface area (TPSA) is 66.5 Å². The van der Waals surface area contributed by atoms with Crippen LogP contribution in [0.1, 0.15) is 12.2 Å². The van der Waals surface area contributed by atoms with Gasteiger partial charge in [0.1, 0.15) is 18.0 Å². The first-order chi connectivity index (χ1) is 7.86. The molecule has 0 aliphatic heterocycles. The number of rotatable bonds is 5. The summed E-state index contributed by atoms with van der Waals surface area (Å²) in [5.41, 5.74) is 0. The van der Waals surface area contributed by atoms with Gasteiger partial charge in [-0.05, 0) is 34.5 Å². The van der Waals surface area contributed by atoms with Gasteiger partial charge in [-0.2, -0.15) is 5.10 Å². The lowest BCUT2D eigenvalue weighted by Crippen LogP contribution is -2.05.